The highest BCUT2D eigenvalue weighted by atomic mass is 28.4. The molecule has 4 heteroatoms. The molecule has 0 spiro atoms. The first-order valence-electron chi connectivity index (χ1n) is 8.67. The summed E-state index contributed by atoms with van der Waals surface area (Å²) in [5.74, 6) is -3.72. The van der Waals surface area contributed by atoms with E-state index >= 15 is 0 Å². The molecule has 2 atom stereocenters. The Morgan fingerprint density at radius 3 is 2.08 bits per heavy atom. The maximum atomic E-state index is 14.8. The third kappa shape index (κ3) is 3.23. The summed E-state index contributed by atoms with van der Waals surface area (Å²) in [6.45, 7) is 14.0. The quantitative estimate of drug-likeness (QED) is 0.559. The lowest BCUT2D eigenvalue weighted by molar-refractivity contribution is 0.0250. The molecule has 24 heavy (non-hydrogen) atoms. The molecule has 1 aromatic rings. The first-order valence-corrected chi connectivity index (χ1v) is 11.6. The highest BCUT2D eigenvalue weighted by molar-refractivity contribution is 6.74. The van der Waals surface area contributed by atoms with Gasteiger partial charge in [-0.15, -0.1) is 0 Å². The second kappa shape index (κ2) is 6.06. The van der Waals surface area contributed by atoms with Crippen LogP contribution in [0.2, 0.25) is 18.1 Å². The van der Waals surface area contributed by atoms with Gasteiger partial charge in [-0.05, 0) is 35.7 Å². The van der Waals surface area contributed by atoms with E-state index in [1.807, 2.05) is 57.3 Å². The van der Waals surface area contributed by atoms with Crippen LogP contribution in [0, 0.1) is 11.8 Å². The van der Waals surface area contributed by atoms with Crippen LogP contribution >= 0.6 is 0 Å². The Balaban J connectivity index is 2.40. The minimum Gasteiger partial charge on any atom is -0.402 e. The summed E-state index contributed by atoms with van der Waals surface area (Å²) in [6.07, 6.45) is 3.40. The van der Waals surface area contributed by atoms with Crippen LogP contribution in [0.5, 0.6) is 0 Å². The minimum absolute atomic E-state index is 0.110. The molecule has 0 radical (unpaired) electrons. The minimum atomic E-state index is -2.82. The van der Waals surface area contributed by atoms with Gasteiger partial charge < -0.3 is 4.43 Å². The normalized spacial score (nSPS) is 27.0. The van der Waals surface area contributed by atoms with Crippen molar-refractivity contribution in [2.45, 2.75) is 64.3 Å². The average Bonchev–Trinajstić information content (AvgIpc) is 2.91. The molecule has 0 bridgehead atoms. The van der Waals surface area contributed by atoms with Crippen LogP contribution < -0.4 is 0 Å². The van der Waals surface area contributed by atoms with Crippen molar-refractivity contribution in [2.24, 2.45) is 11.8 Å². The Kier molecular flexibility index (Phi) is 4.88. The van der Waals surface area contributed by atoms with Crippen molar-refractivity contribution in [1.29, 1.82) is 0 Å². The molecular weight excluding hydrogens is 322 g/mol. The Morgan fingerprint density at radius 1 is 1.12 bits per heavy atom. The van der Waals surface area contributed by atoms with Gasteiger partial charge in [-0.25, -0.2) is 8.78 Å². The highest BCUT2D eigenvalue weighted by Crippen LogP contribution is 2.67. The molecule has 1 nitrogen and oxygen atoms in total. The van der Waals surface area contributed by atoms with Crippen molar-refractivity contribution >= 4 is 14.4 Å². The summed E-state index contributed by atoms with van der Waals surface area (Å²) in [5, 5.41) is -0.110. The first-order chi connectivity index (χ1) is 10.9. The van der Waals surface area contributed by atoms with Gasteiger partial charge in [-0.3, -0.25) is 0 Å². The highest BCUT2D eigenvalue weighted by Gasteiger charge is 2.82. The van der Waals surface area contributed by atoms with Gasteiger partial charge in [-0.1, -0.05) is 71.0 Å². The van der Waals surface area contributed by atoms with Crippen molar-refractivity contribution in [3.05, 3.63) is 42.0 Å². The molecule has 0 aliphatic heterocycles. The lowest BCUT2D eigenvalue weighted by atomic mass is 10.0. The largest absolute Gasteiger partial charge is 0.402 e. The molecule has 1 aliphatic carbocycles. The van der Waals surface area contributed by atoms with E-state index in [1.54, 1.807) is 12.2 Å². The van der Waals surface area contributed by atoms with E-state index in [9.17, 15) is 8.78 Å². The molecule has 0 aromatic heterocycles. The number of rotatable bonds is 5. The molecule has 134 valence electrons. The first kappa shape index (κ1) is 19.3. The van der Waals surface area contributed by atoms with E-state index in [-0.39, 0.29) is 11.0 Å². The van der Waals surface area contributed by atoms with E-state index in [2.05, 4.69) is 20.8 Å². The predicted octanol–water partition coefficient (Wildman–Crippen LogP) is 6.38. The number of alkyl halides is 2. The van der Waals surface area contributed by atoms with Crippen LogP contribution in [0.1, 0.15) is 40.2 Å². The standard InChI is InChI=1S/C20H30F2OSi/c1-15(2)17-19(20(17,21)22,23-24(6,7)18(3,4)5)14-13-16-11-9-8-10-12-16/h8-15,17H,1-7H3/b14-13+. The summed E-state index contributed by atoms with van der Waals surface area (Å²) in [7, 11) is -2.32. The molecule has 0 amide bonds. The summed E-state index contributed by atoms with van der Waals surface area (Å²) >= 11 is 0. The lowest BCUT2D eigenvalue weighted by Gasteiger charge is -2.39. The maximum absolute atomic E-state index is 14.8. The van der Waals surface area contributed by atoms with Crippen molar-refractivity contribution in [1.82, 2.24) is 0 Å². The molecule has 1 saturated carbocycles. The number of benzene rings is 1. The SMILES string of the molecule is CC(C)C1C(F)(F)C1(/C=C/c1ccccc1)O[Si](C)(C)C(C)(C)C. The smallest absolute Gasteiger partial charge is 0.285 e. The third-order valence-corrected chi connectivity index (χ3v) is 9.97. The zero-order valence-electron chi connectivity index (χ0n) is 15.9. The van der Waals surface area contributed by atoms with Crippen molar-refractivity contribution < 1.29 is 13.2 Å². The Labute approximate surface area is 146 Å². The van der Waals surface area contributed by atoms with Gasteiger partial charge in [0.2, 0.25) is 0 Å². The molecular formula is C20H30F2OSi. The Bertz CT molecular complexity index is 602. The van der Waals surface area contributed by atoms with Gasteiger partial charge in [-0.2, -0.15) is 0 Å². The number of hydrogen-bond donors (Lipinski definition) is 0. The summed E-state index contributed by atoms with van der Waals surface area (Å²) in [6, 6.07) is 9.57. The van der Waals surface area contributed by atoms with Gasteiger partial charge in [0, 0.05) is 0 Å². The zero-order valence-corrected chi connectivity index (χ0v) is 16.9. The molecule has 1 fully saturated rings. The molecule has 1 aromatic carbocycles. The Morgan fingerprint density at radius 2 is 1.67 bits per heavy atom. The van der Waals surface area contributed by atoms with Gasteiger partial charge >= 0.3 is 0 Å². The van der Waals surface area contributed by atoms with Crippen molar-refractivity contribution in [3.63, 3.8) is 0 Å². The van der Waals surface area contributed by atoms with Crippen LogP contribution in [-0.2, 0) is 4.43 Å². The molecule has 0 saturated heterocycles. The molecule has 2 unspecified atom stereocenters. The van der Waals surface area contributed by atoms with Crippen molar-refractivity contribution in [2.75, 3.05) is 0 Å². The van der Waals surface area contributed by atoms with Crippen LogP contribution in [0.15, 0.2) is 36.4 Å². The van der Waals surface area contributed by atoms with Gasteiger partial charge in [0.1, 0.15) is 5.60 Å². The fourth-order valence-corrected chi connectivity index (χ4v) is 4.56. The molecule has 2 rings (SSSR count). The summed E-state index contributed by atoms with van der Waals surface area (Å²) < 4.78 is 36.0. The topological polar surface area (TPSA) is 9.23 Å². The van der Waals surface area contributed by atoms with Crippen LogP contribution in [-0.4, -0.2) is 19.8 Å². The van der Waals surface area contributed by atoms with Gasteiger partial charge in [0.15, 0.2) is 8.32 Å². The molecule has 1 aliphatic rings. The Hall–Kier alpha value is -1.00. The predicted molar refractivity (Wildman–Crippen MR) is 99.8 cm³/mol. The van der Waals surface area contributed by atoms with Crippen LogP contribution in [0.3, 0.4) is 0 Å². The van der Waals surface area contributed by atoms with Crippen LogP contribution in [0.25, 0.3) is 6.08 Å². The number of halogens is 2. The maximum Gasteiger partial charge on any atom is 0.285 e. The van der Waals surface area contributed by atoms with E-state index in [1.165, 1.54) is 0 Å². The second-order valence-corrected chi connectivity index (χ2v) is 13.5. The fraction of sp³-hybridized carbons (Fsp3) is 0.600. The van der Waals surface area contributed by atoms with Crippen LogP contribution in [0.4, 0.5) is 8.78 Å². The lowest BCUT2D eigenvalue weighted by Crippen LogP contribution is -2.46. The van der Waals surface area contributed by atoms with Gasteiger partial charge in [0.05, 0.1) is 5.92 Å². The molecule has 0 heterocycles. The van der Waals surface area contributed by atoms with Crippen molar-refractivity contribution in [3.8, 4) is 0 Å². The number of hydrogen-bond acceptors (Lipinski definition) is 1. The third-order valence-electron chi connectivity index (χ3n) is 5.51. The monoisotopic (exact) mass is 352 g/mol. The van der Waals surface area contributed by atoms with E-state index in [4.69, 9.17) is 4.43 Å². The van der Waals surface area contributed by atoms with E-state index < -0.39 is 25.8 Å². The fourth-order valence-electron chi connectivity index (χ4n) is 3.08. The van der Waals surface area contributed by atoms with E-state index in [0.717, 1.165) is 5.56 Å². The summed E-state index contributed by atoms with van der Waals surface area (Å²) in [5.41, 5.74) is -0.555. The molecule has 0 N–H and O–H groups in total. The zero-order chi connectivity index (χ0) is 18.4. The second-order valence-electron chi connectivity index (χ2n) is 8.74. The van der Waals surface area contributed by atoms with Gasteiger partial charge in [0.25, 0.3) is 5.92 Å². The summed E-state index contributed by atoms with van der Waals surface area (Å²) in [4.78, 5) is 0. The van der Waals surface area contributed by atoms with E-state index in [0.29, 0.717) is 0 Å². The average molecular weight is 353 g/mol.